The molecule has 1 radical (unpaired) electrons. The molecule has 0 aromatic heterocycles. The molecule has 0 aromatic carbocycles. The lowest BCUT2D eigenvalue weighted by atomic mass is 10.2. The lowest BCUT2D eigenvalue weighted by molar-refractivity contribution is 0.636. The summed E-state index contributed by atoms with van der Waals surface area (Å²) in [6.07, 6.45) is 36.1. The minimum atomic E-state index is -0.691. The Bertz CT molecular complexity index is 244. The van der Waals surface area contributed by atoms with E-state index in [1.165, 1.54) is 103 Å². The highest BCUT2D eigenvalue weighted by Crippen LogP contribution is 2.61. The Morgan fingerprint density at radius 1 is 0.300 bits per heavy atom. The topological polar surface area (TPSA) is 0 Å². The predicted octanol–water partition coefficient (Wildman–Crippen LogP) is 11.5. The van der Waals surface area contributed by atoms with E-state index in [9.17, 15) is 0 Å². The average molecular weight is 509 g/mol. The first-order chi connectivity index (χ1) is 14.2. The summed E-state index contributed by atoms with van der Waals surface area (Å²) >= 11 is 0. The van der Waals surface area contributed by atoms with E-state index in [1.807, 2.05) is 0 Å². The van der Waals surface area contributed by atoms with Crippen LogP contribution in [0.5, 0.6) is 0 Å². The van der Waals surface area contributed by atoms with Crippen molar-refractivity contribution >= 4 is 24.2 Å². The third kappa shape index (κ3) is 20.8. The lowest BCUT2D eigenvalue weighted by Gasteiger charge is -2.38. The van der Waals surface area contributed by atoms with E-state index in [4.69, 9.17) is 0 Å². The van der Waals surface area contributed by atoms with Crippen LogP contribution in [0.15, 0.2) is 0 Å². The summed E-state index contributed by atoms with van der Waals surface area (Å²) in [5, 5.41) is 0. The molecule has 0 aliphatic heterocycles. The monoisotopic (exact) mass is 507 g/mol. The van der Waals surface area contributed by atoms with Crippen LogP contribution in [0.4, 0.5) is 0 Å². The van der Waals surface area contributed by atoms with Gasteiger partial charge in [-0.3, -0.25) is 0 Å². The van der Waals surface area contributed by atoms with Crippen molar-refractivity contribution in [1.29, 1.82) is 0 Å². The summed E-state index contributed by atoms with van der Waals surface area (Å²) in [6.45, 7) is 9.39. The van der Waals surface area contributed by atoms with Gasteiger partial charge in [-0.05, 0) is 50.3 Å². The van der Waals surface area contributed by atoms with Gasteiger partial charge in [0.2, 0.25) is 0 Å². The molecule has 0 rings (SSSR count). The molecule has 0 unspecified atom stereocenters. The first-order valence-corrected chi connectivity index (χ1v) is 16.6. The van der Waals surface area contributed by atoms with Gasteiger partial charge in [0.05, 0.1) is 0 Å². The zero-order valence-corrected chi connectivity index (χ0v) is 24.4. The Balaban J connectivity index is 0. The Morgan fingerprint density at radius 2 is 0.500 bits per heavy atom. The van der Waals surface area contributed by atoms with Crippen LogP contribution in [0.3, 0.4) is 0 Å². The summed E-state index contributed by atoms with van der Waals surface area (Å²) < 4.78 is 0. The van der Waals surface area contributed by atoms with Crippen LogP contribution in [0, 0.1) is 0 Å². The Kier molecular flexibility index (Phi) is 28.9. The van der Waals surface area contributed by atoms with E-state index in [0.717, 1.165) is 0 Å². The van der Waals surface area contributed by atoms with E-state index < -0.39 is 7.26 Å². The second-order valence-corrected chi connectivity index (χ2v) is 14.4. The average Bonchev–Trinajstić information content (AvgIpc) is 2.73. The highest BCUT2D eigenvalue weighted by Gasteiger charge is 2.25. The van der Waals surface area contributed by atoms with Crippen molar-refractivity contribution < 1.29 is 0 Å². The van der Waals surface area contributed by atoms with Gasteiger partial charge in [0.15, 0.2) is 0 Å². The summed E-state index contributed by atoms with van der Waals surface area (Å²) in [7, 11) is -0.691. The van der Waals surface area contributed by atoms with Crippen LogP contribution in [-0.4, -0.2) is 24.6 Å². The molecule has 30 heavy (non-hydrogen) atoms. The number of halogens is 1. The molecule has 0 saturated carbocycles. The number of unbranched alkanes of at least 4 members (excludes halogenated alkanes) is 16. The molecule has 0 aromatic rings. The van der Waals surface area contributed by atoms with Crippen LogP contribution in [-0.2, 0) is 0 Å². The van der Waals surface area contributed by atoms with Crippen LogP contribution < -0.4 is 0 Å². The fraction of sp³-hybridized carbons (Fsp3) is 1.00. The second-order valence-electron chi connectivity index (χ2n) is 9.89. The first kappa shape index (κ1) is 33.1. The number of hydrogen-bond acceptors (Lipinski definition) is 0. The van der Waals surface area contributed by atoms with E-state index in [-0.39, 0.29) is 17.0 Å². The Hall–Kier alpha value is 0.910. The highest BCUT2D eigenvalue weighted by molar-refractivity contribution is 8.93. The molecule has 185 valence electrons. The predicted molar refractivity (Wildman–Crippen MR) is 152 cm³/mol. The molecular weight excluding hydrogens is 447 g/mol. The molecule has 0 fully saturated rings. The van der Waals surface area contributed by atoms with Crippen molar-refractivity contribution in [2.24, 2.45) is 0 Å². The van der Waals surface area contributed by atoms with Gasteiger partial charge in [0.1, 0.15) is 0 Å². The van der Waals surface area contributed by atoms with Gasteiger partial charge in [-0.2, -0.15) is 0 Å². The summed E-state index contributed by atoms with van der Waals surface area (Å²) in [5.41, 5.74) is 0. The van der Waals surface area contributed by atoms with Gasteiger partial charge in [0.25, 0.3) is 0 Å². The quantitative estimate of drug-likeness (QED) is 0.0898. The smallest absolute Gasteiger partial charge is 0.0359 e. The van der Waals surface area contributed by atoms with Gasteiger partial charge in [-0.25, -0.2) is 0 Å². The maximum atomic E-state index is 2.35. The maximum absolute atomic E-state index is 2.35. The van der Waals surface area contributed by atoms with Crippen LogP contribution >= 0.6 is 24.2 Å². The third-order valence-corrected chi connectivity index (χ3v) is 12.0. The molecule has 2 heteroatoms. The van der Waals surface area contributed by atoms with Crippen LogP contribution in [0.2, 0.25) is 0 Å². The second kappa shape index (κ2) is 26.2. The molecule has 0 spiro atoms. The van der Waals surface area contributed by atoms with Crippen molar-refractivity contribution in [2.45, 2.75) is 156 Å². The zero-order chi connectivity index (χ0) is 21.5. The summed E-state index contributed by atoms with van der Waals surface area (Å²) in [6, 6.07) is 0. The number of rotatable bonds is 24. The maximum Gasteiger partial charge on any atom is -0.0359 e. The van der Waals surface area contributed by atoms with Crippen molar-refractivity contribution in [3.63, 3.8) is 0 Å². The normalized spacial score (nSPS) is 11.6. The van der Waals surface area contributed by atoms with E-state index >= 15 is 0 Å². The summed E-state index contributed by atoms with van der Waals surface area (Å²) in [4.78, 5) is 0. The molecule has 0 nitrogen and oxygen atoms in total. The first-order valence-electron chi connectivity index (χ1n) is 14.1. The molecule has 0 saturated heterocycles. The van der Waals surface area contributed by atoms with Gasteiger partial charge in [-0.1, -0.05) is 130 Å². The Labute approximate surface area is 204 Å². The Morgan fingerprint density at radius 3 is 0.700 bits per heavy atom. The van der Waals surface area contributed by atoms with Crippen molar-refractivity contribution in [3.8, 4) is 0 Å². The molecule has 0 aliphatic rings. The van der Waals surface area contributed by atoms with Gasteiger partial charge in [0, 0.05) is 0 Å². The van der Waals surface area contributed by atoms with Crippen molar-refractivity contribution in [2.75, 3.05) is 24.6 Å². The molecule has 0 heterocycles. The van der Waals surface area contributed by atoms with E-state index in [0.29, 0.717) is 0 Å². The minimum absolute atomic E-state index is 0. The van der Waals surface area contributed by atoms with Crippen LogP contribution in [0.1, 0.15) is 156 Å². The van der Waals surface area contributed by atoms with Crippen molar-refractivity contribution in [1.82, 2.24) is 0 Å². The minimum Gasteiger partial charge on any atom is -0.125 e. The summed E-state index contributed by atoms with van der Waals surface area (Å²) in [5.74, 6) is 0. The van der Waals surface area contributed by atoms with Gasteiger partial charge < -0.3 is 0 Å². The number of hydrogen-bond donors (Lipinski definition) is 0. The lowest BCUT2D eigenvalue weighted by Crippen LogP contribution is -2.13. The standard InChI is InChI=1S/C28H60P.BrH/c1-5-9-13-17-21-25-29(26-22-18-14-10-6-2,27-23-19-15-11-7-3)28-24-20-16-12-8-4;/h5-28H2,1-4H3;1H. The molecule has 0 amide bonds. The van der Waals surface area contributed by atoms with Gasteiger partial charge in [-0.15, -0.1) is 24.2 Å². The fourth-order valence-electron chi connectivity index (χ4n) is 4.87. The van der Waals surface area contributed by atoms with Crippen molar-refractivity contribution in [3.05, 3.63) is 0 Å². The zero-order valence-electron chi connectivity index (χ0n) is 21.8. The highest BCUT2D eigenvalue weighted by atomic mass is 79.9. The van der Waals surface area contributed by atoms with E-state index in [2.05, 4.69) is 27.7 Å². The fourth-order valence-corrected chi connectivity index (χ4v) is 9.79. The molecule has 0 atom stereocenters. The molecule has 0 N–H and O–H groups in total. The van der Waals surface area contributed by atoms with Crippen LogP contribution in [0.25, 0.3) is 0 Å². The third-order valence-electron chi connectivity index (χ3n) is 6.94. The SMILES string of the molecule is Br.CCCCCCC[P](CCCCCCC)(CCCCCCC)CCCCCCC. The largest absolute Gasteiger partial charge is 0.125 e. The van der Waals surface area contributed by atoms with E-state index in [1.54, 1.807) is 50.3 Å². The van der Waals surface area contributed by atoms with Gasteiger partial charge >= 0.3 is 0 Å². The molecular formula is C28H61BrP. The molecule has 0 aliphatic carbocycles. The molecule has 0 bridgehead atoms.